The van der Waals surface area contributed by atoms with Gasteiger partial charge in [-0.1, -0.05) is 38.1 Å². The number of sulfonamides is 1. The molecule has 6 nitrogen and oxygen atoms in total. The summed E-state index contributed by atoms with van der Waals surface area (Å²) in [5, 5.41) is 8.88. The highest BCUT2D eigenvalue weighted by atomic mass is 32.3. The molecule has 0 radical (unpaired) electrons. The average Bonchev–Trinajstić information content (AvgIpc) is 2.85. The molecule has 0 unspecified atom stereocenters. The Labute approximate surface area is 218 Å². The van der Waals surface area contributed by atoms with Gasteiger partial charge in [0.2, 0.25) is 10.0 Å². The van der Waals surface area contributed by atoms with E-state index in [1.165, 1.54) is 15.8 Å². The Morgan fingerprint density at radius 2 is 1.70 bits per heavy atom. The molecule has 3 aromatic rings. The van der Waals surface area contributed by atoms with E-state index in [0.717, 1.165) is 29.6 Å². The average molecular weight is 554 g/mol. The Kier molecular flexibility index (Phi) is 9.14. The van der Waals surface area contributed by atoms with Crippen LogP contribution in [0.4, 0.5) is 18.9 Å². The summed E-state index contributed by atoms with van der Waals surface area (Å²) in [7, 11) is -3.76. The van der Waals surface area contributed by atoms with Crippen LogP contribution in [-0.2, 0) is 27.4 Å². The Hall–Kier alpha value is -3.18. The molecule has 0 fully saturated rings. The molecule has 0 amide bonds. The van der Waals surface area contributed by atoms with Crippen LogP contribution in [0.2, 0.25) is 0 Å². The van der Waals surface area contributed by atoms with Gasteiger partial charge >= 0.3 is 12.1 Å². The van der Waals surface area contributed by atoms with Gasteiger partial charge in [-0.15, -0.1) is 0 Å². The topological polar surface area (TPSA) is 83.9 Å². The Bertz CT molecular complexity index is 1340. The normalized spacial score (nSPS) is 11.8. The summed E-state index contributed by atoms with van der Waals surface area (Å²) in [6.45, 7) is 3.13. The number of carboxylic acid groups (broad SMARTS) is 1. The highest BCUT2D eigenvalue weighted by Crippen LogP contribution is 2.37. The summed E-state index contributed by atoms with van der Waals surface area (Å²) < 4.78 is 71.8. The van der Waals surface area contributed by atoms with Gasteiger partial charge in [0.1, 0.15) is 5.75 Å². The molecule has 3 aromatic carbocycles. The number of ether oxygens (including phenoxy) is 1. The van der Waals surface area contributed by atoms with E-state index in [9.17, 15) is 26.4 Å². The molecule has 0 aliphatic heterocycles. The second-order valence-electron chi connectivity index (χ2n) is 8.07. The highest BCUT2D eigenvalue weighted by Gasteiger charge is 2.30. The van der Waals surface area contributed by atoms with Crippen molar-refractivity contribution in [2.24, 2.45) is 0 Å². The maximum atomic E-state index is 13.2. The van der Waals surface area contributed by atoms with Crippen LogP contribution in [0.25, 0.3) is 11.1 Å². The Balaban J connectivity index is 1.97. The van der Waals surface area contributed by atoms with Crippen LogP contribution in [0.3, 0.4) is 0 Å². The summed E-state index contributed by atoms with van der Waals surface area (Å²) in [6.07, 6.45) is -3.53. The van der Waals surface area contributed by atoms with Gasteiger partial charge in [0.25, 0.3) is 0 Å². The monoisotopic (exact) mass is 553 g/mol. The van der Waals surface area contributed by atoms with Gasteiger partial charge < -0.3 is 9.84 Å². The zero-order chi connectivity index (χ0) is 27.2. The number of rotatable bonds is 11. The van der Waals surface area contributed by atoms with Crippen LogP contribution in [0.5, 0.6) is 5.75 Å². The van der Waals surface area contributed by atoms with Gasteiger partial charge in [0.15, 0.2) is 6.61 Å². The lowest BCUT2D eigenvalue weighted by atomic mass is 10.0. The predicted molar refractivity (Wildman–Crippen MR) is 138 cm³/mol. The maximum absolute atomic E-state index is 13.2. The highest BCUT2D eigenvalue weighted by molar-refractivity contribution is 8.14. The van der Waals surface area contributed by atoms with E-state index in [1.54, 1.807) is 49.4 Å². The van der Waals surface area contributed by atoms with Crippen molar-refractivity contribution in [2.45, 2.75) is 37.8 Å². The lowest BCUT2D eigenvalue weighted by molar-refractivity contribution is -0.139. The van der Waals surface area contributed by atoms with E-state index in [4.69, 9.17) is 9.84 Å². The fourth-order valence-corrected chi connectivity index (χ4v) is 6.31. The van der Waals surface area contributed by atoms with Crippen molar-refractivity contribution in [1.82, 2.24) is 0 Å². The third-order valence-electron chi connectivity index (χ3n) is 5.27. The number of carbonyl (C=O) groups is 1. The van der Waals surface area contributed by atoms with Crippen molar-refractivity contribution in [2.75, 3.05) is 16.1 Å². The standard InChI is InChI=1S/C26H26F3NO5S2/c1-3-14-37(33,34)30(36-23-12-13-24(18(4-2)16-23)35-17-25(31)32)22-7-5-6-20(15-22)19-8-10-21(11-9-19)26(27,28)29/h5-13,15-16H,3-4,14,17H2,1-2H3,(H,31,32). The summed E-state index contributed by atoms with van der Waals surface area (Å²) in [5.41, 5.74) is 1.38. The first kappa shape index (κ1) is 28.4. The molecule has 0 aromatic heterocycles. The molecule has 3 rings (SSSR count). The zero-order valence-corrected chi connectivity index (χ0v) is 21.8. The number of hydrogen-bond donors (Lipinski definition) is 1. The first-order chi connectivity index (χ1) is 17.4. The van der Waals surface area contributed by atoms with E-state index in [2.05, 4.69) is 0 Å². The molecule has 0 aliphatic rings. The SMILES string of the molecule is CCCS(=O)(=O)N(Sc1ccc(OCC(=O)O)c(CC)c1)c1cccc(-c2ccc(C(F)(F)F)cc2)c1. The van der Waals surface area contributed by atoms with E-state index in [0.29, 0.717) is 40.3 Å². The quantitative estimate of drug-likeness (QED) is 0.268. The van der Waals surface area contributed by atoms with Crippen LogP contribution < -0.4 is 8.45 Å². The number of nitrogens with zero attached hydrogens (tertiary/aromatic N) is 1. The van der Waals surface area contributed by atoms with E-state index < -0.39 is 34.3 Å². The maximum Gasteiger partial charge on any atom is 0.416 e. The van der Waals surface area contributed by atoms with E-state index >= 15 is 0 Å². The van der Waals surface area contributed by atoms with Gasteiger partial charge in [0, 0.05) is 16.8 Å². The molecule has 11 heteroatoms. The number of alkyl halides is 3. The summed E-state index contributed by atoms with van der Waals surface area (Å²) in [5.74, 6) is -0.808. The number of aryl methyl sites for hydroxylation is 1. The van der Waals surface area contributed by atoms with Crippen LogP contribution in [-0.4, -0.2) is 31.9 Å². The van der Waals surface area contributed by atoms with E-state index in [-0.39, 0.29) is 5.75 Å². The number of anilines is 1. The van der Waals surface area contributed by atoms with Crippen molar-refractivity contribution in [3.63, 3.8) is 0 Å². The summed E-state index contributed by atoms with van der Waals surface area (Å²) in [6, 6.07) is 16.3. The number of halogens is 3. The number of benzene rings is 3. The van der Waals surface area contributed by atoms with Crippen molar-refractivity contribution in [3.8, 4) is 16.9 Å². The van der Waals surface area contributed by atoms with Crippen molar-refractivity contribution in [3.05, 3.63) is 77.9 Å². The molecule has 0 bridgehead atoms. The first-order valence-electron chi connectivity index (χ1n) is 11.4. The van der Waals surface area contributed by atoms with Gasteiger partial charge in [-0.3, -0.25) is 0 Å². The van der Waals surface area contributed by atoms with Crippen molar-refractivity contribution < 1.29 is 36.2 Å². The first-order valence-corrected chi connectivity index (χ1v) is 13.8. The summed E-state index contributed by atoms with van der Waals surface area (Å²) in [4.78, 5) is 11.4. The second kappa shape index (κ2) is 11.9. The van der Waals surface area contributed by atoms with Crippen molar-refractivity contribution >= 4 is 33.6 Å². The molecule has 0 aliphatic carbocycles. The molecule has 0 spiro atoms. The second-order valence-corrected chi connectivity index (χ2v) is 11.3. The lowest BCUT2D eigenvalue weighted by Gasteiger charge is -2.24. The third kappa shape index (κ3) is 7.42. The van der Waals surface area contributed by atoms with Gasteiger partial charge in [-0.25, -0.2) is 16.9 Å². The minimum Gasteiger partial charge on any atom is -0.482 e. The van der Waals surface area contributed by atoms with Gasteiger partial charge in [-0.2, -0.15) is 13.2 Å². The van der Waals surface area contributed by atoms with Crippen LogP contribution in [0.15, 0.2) is 71.6 Å². The fraction of sp³-hybridized carbons (Fsp3) is 0.269. The minimum atomic E-state index is -4.45. The lowest BCUT2D eigenvalue weighted by Crippen LogP contribution is -2.26. The fourth-order valence-electron chi connectivity index (χ4n) is 3.53. The molecule has 0 saturated carbocycles. The molecule has 0 atom stereocenters. The van der Waals surface area contributed by atoms with Gasteiger partial charge in [0.05, 0.1) is 17.0 Å². The van der Waals surface area contributed by atoms with Crippen LogP contribution >= 0.6 is 11.9 Å². The molecule has 37 heavy (non-hydrogen) atoms. The number of aliphatic carboxylic acids is 1. The predicted octanol–water partition coefficient (Wildman–Crippen LogP) is 6.65. The molecule has 198 valence electrons. The zero-order valence-electron chi connectivity index (χ0n) is 20.2. The largest absolute Gasteiger partial charge is 0.482 e. The number of carboxylic acids is 1. The Morgan fingerprint density at radius 3 is 2.30 bits per heavy atom. The van der Waals surface area contributed by atoms with Gasteiger partial charge in [-0.05, 0) is 72.0 Å². The molecule has 0 saturated heterocycles. The van der Waals surface area contributed by atoms with Crippen LogP contribution in [0, 0.1) is 0 Å². The van der Waals surface area contributed by atoms with Crippen molar-refractivity contribution in [1.29, 1.82) is 0 Å². The smallest absolute Gasteiger partial charge is 0.416 e. The Morgan fingerprint density at radius 1 is 1.00 bits per heavy atom. The summed E-state index contributed by atoms with van der Waals surface area (Å²) >= 11 is 0.986. The molecule has 0 heterocycles. The van der Waals surface area contributed by atoms with Crippen LogP contribution in [0.1, 0.15) is 31.4 Å². The van der Waals surface area contributed by atoms with E-state index in [1.807, 2.05) is 6.92 Å². The molecular formula is C26H26F3NO5S2. The number of hydrogen-bond acceptors (Lipinski definition) is 5. The molecular weight excluding hydrogens is 527 g/mol. The third-order valence-corrected chi connectivity index (χ3v) is 8.66. The molecule has 1 N–H and O–H groups in total. The minimum absolute atomic E-state index is 0.106.